The summed E-state index contributed by atoms with van der Waals surface area (Å²) in [6, 6.07) is 13.6. The van der Waals surface area contributed by atoms with Gasteiger partial charge in [-0.15, -0.1) is 0 Å². The number of rotatable bonds is 13. The maximum absolute atomic E-state index is 5.89. The molecule has 2 rings (SSSR count). The molecule has 0 unspecified atom stereocenters. The van der Waals surface area contributed by atoms with E-state index in [1.54, 1.807) is 0 Å². The Morgan fingerprint density at radius 1 is 0.667 bits per heavy atom. The third-order valence-corrected chi connectivity index (χ3v) is 4.73. The van der Waals surface area contributed by atoms with E-state index in [0.717, 1.165) is 48.8 Å². The molecule has 0 aromatic heterocycles. The molecule has 0 amide bonds. The number of anilines is 2. The van der Waals surface area contributed by atoms with Crippen molar-refractivity contribution in [2.45, 2.75) is 58.3 Å². The van der Waals surface area contributed by atoms with Crippen LogP contribution in [0, 0.1) is 6.92 Å². The van der Waals surface area contributed by atoms with Crippen LogP contribution in [0.1, 0.15) is 56.9 Å². The molecule has 4 nitrogen and oxygen atoms in total. The number of hydrogen-bond acceptors (Lipinski definition) is 4. The van der Waals surface area contributed by atoms with Crippen molar-refractivity contribution in [3.05, 3.63) is 48.0 Å². The second-order valence-corrected chi connectivity index (χ2v) is 7.08. The Kier molecular flexibility index (Phi) is 9.39. The molecule has 0 heterocycles. The van der Waals surface area contributed by atoms with Crippen LogP contribution >= 0.6 is 0 Å². The summed E-state index contributed by atoms with van der Waals surface area (Å²) in [5.74, 6) is 1.67. The van der Waals surface area contributed by atoms with E-state index in [-0.39, 0.29) is 0 Å². The lowest BCUT2D eigenvalue weighted by molar-refractivity contribution is 0.302. The van der Waals surface area contributed by atoms with Crippen molar-refractivity contribution in [1.29, 1.82) is 0 Å². The molecule has 0 radical (unpaired) electrons. The van der Waals surface area contributed by atoms with E-state index in [1.165, 1.54) is 38.5 Å². The first kappa shape index (κ1) is 20.9. The fourth-order valence-corrected chi connectivity index (χ4v) is 2.96. The van der Waals surface area contributed by atoms with Gasteiger partial charge in [-0.05, 0) is 43.5 Å². The molecule has 0 saturated heterocycles. The number of aryl methyl sites for hydroxylation is 1. The third-order valence-electron chi connectivity index (χ3n) is 4.73. The maximum atomic E-state index is 5.89. The highest BCUT2D eigenvalue weighted by atomic mass is 16.5. The molecule has 0 bridgehead atoms. The van der Waals surface area contributed by atoms with Crippen molar-refractivity contribution in [2.24, 2.45) is 0 Å². The molecule has 0 spiro atoms. The van der Waals surface area contributed by atoms with Gasteiger partial charge in [0.25, 0.3) is 0 Å². The molecule has 0 saturated carbocycles. The number of benzene rings is 2. The predicted molar refractivity (Wildman–Crippen MR) is 114 cm³/mol. The molecule has 0 atom stereocenters. The van der Waals surface area contributed by atoms with Crippen LogP contribution in [0.25, 0.3) is 0 Å². The quantitative estimate of drug-likeness (QED) is 0.348. The number of unbranched alkanes of at least 4 members (excludes halogenated alkanes) is 7. The minimum Gasteiger partial charge on any atom is -0.494 e. The van der Waals surface area contributed by atoms with Crippen LogP contribution in [-0.4, -0.2) is 13.2 Å². The SMILES string of the molecule is Cc1ccc(OCCCCCCCCCCOc2ccccc2N)cc1N. The van der Waals surface area contributed by atoms with E-state index >= 15 is 0 Å². The van der Waals surface area contributed by atoms with Crippen LogP contribution in [0.5, 0.6) is 11.5 Å². The number of nitrogens with two attached hydrogens (primary N) is 2. The van der Waals surface area contributed by atoms with Gasteiger partial charge in [0.05, 0.1) is 18.9 Å². The van der Waals surface area contributed by atoms with Gasteiger partial charge >= 0.3 is 0 Å². The Morgan fingerprint density at radius 3 is 1.89 bits per heavy atom. The van der Waals surface area contributed by atoms with Gasteiger partial charge in [-0.3, -0.25) is 0 Å². The molecule has 4 heteroatoms. The zero-order valence-corrected chi connectivity index (χ0v) is 16.6. The Labute approximate surface area is 163 Å². The van der Waals surface area contributed by atoms with Crippen molar-refractivity contribution in [3.63, 3.8) is 0 Å². The van der Waals surface area contributed by atoms with E-state index in [9.17, 15) is 0 Å². The number of para-hydroxylation sites is 2. The van der Waals surface area contributed by atoms with Gasteiger partial charge in [0.2, 0.25) is 0 Å². The Balaban J connectivity index is 1.38. The minimum atomic E-state index is 0.715. The minimum absolute atomic E-state index is 0.715. The first-order chi connectivity index (χ1) is 13.2. The largest absolute Gasteiger partial charge is 0.494 e. The van der Waals surface area contributed by atoms with E-state index in [2.05, 4.69) is 0 Å². The van der Waals surface area contributed by atoms with Gasteiger partial charge in [-0.1, -0.05) is 56.7 Å². The van der Waals surface area contributed by atoms with Crippen LogP contribution in [-0.2, 0) is 0 Å². The van der Waals surface area contributed by atoms with Gasteiger partial charge < -0.3 is 20.9 Å². The van der Waals surface area contributed by atoms with Crippen molar-refractivity contribution < 1.29 is 9.47 Å². The number of hydrogen-bond donors (Lipinski definition) is 2. The summed E-state index contributed by atoms with van der Waals surface area (Å²) in [7, 11) is 0. The number of nitrogen functional groups attached to an aromatic ring is 2. The van der Waals surface area contributed by atoms with Gasteiger partial charge in [-0.25, -0.2) is 0 Å². The monoisotopic (exact) mass is 370 g/mol. The highest BCUT2D eigenvalue weighted by Gasteiger charge is 1.99. The molecular formula is C23H34N2O2. The Hall–Kier alpha value is -2.36. The molecule has 2 aromatic rings. The summed E-state index contributed by atoms with van der Waals surface area (Å²) in [5.41, 5.74) is 14.4. The maximum Gasteiger partial charge on any atom is 0.142 e. The fraction of sp³-hybridized carbons (Fsp3) is 0.478. The molecule has 148 valence electrons. The molecule has 0 aliphatic rings. The third kappa shape index (κ3) is 8.25. The standard InChI is InChI=1S/C23H34N2O2/c1-19-14-15-20(18-22(19)25)26-16-10-6-4-2-3-5-7-11-17-27-23-13-9-8-12-21(23)24/h8-9,12-15,18H,2-7,10-11,16-17,24-25H2,1H3. The zero-order valence-electron chi connectivity index (χ0n) is 16.6. The Bertz CT molecular complexity index is 673. The lowest BCUT2D eigenvalue weighted by Gasteiger charge is -2.09. The van der Waals surface area contributed by atoms with E-state index < -0.39 is 0 Å². The van der Waals surface area contributed by atoms with Crippen molar-refractivity contribution >= 4 is 11.4 Å². The molecule has 27 heavy (non-hydrogen) atoms. The Morgan fingerprint density at radius 2 is 1.26 bits per heavy atom. The van der Waals surface area contributed by atoms with Crippen molar-refractivity contribution in [2.75, 3.05) is 24.7 Å². The van der Waals surface area contributed by atoms with E-state index in [0.29, 0.717) is 5.69 Å². The lowest BCUT2D eigenvalue weighted by atomic mass is 10.1. The van der Waals surface area contributed by atoms with E-state index in [1.807, 2.05) is 49.4 Å². The summed E-state index contributed by atoms with van der Waals surface area (Å²) in [5, 5.41) is 0. The second-order valence-electron chi connectivity index (χ2n) is 7.08. The molecule has 0 aliphatic carbocycles. The molecular weight excluding hydrogens is 336 g/mol. The van der Waals surface area contributed by atoms with Crippen LogP contribution < -0.4 is 20.9 Å². The normalized spacial score (nSPS) is 10.7. The summed E-state index contributed by atoms with van der Waals surface area (Å²) in [4.78, 5) is 0. The molecule has 0 fully saturated rings. The van der Waals surface area contributed by atoms with Crippen LogP contribution in [0.4, 0.5) is 11.4 Å². The molecule has 0 aliphatic heterocycles. The smallest absolute Gasteiger partial charge is 0.142 e. The van der Waals surface area contributed by atoms with Gasteiger partial charge in [-0.2, -0.15) is 0 Å². The van der Waals surface area contributed by atoms with Crippen LogP contribution in [0.2, 0.25) is 0 Å². The van der Waals surface area contributed by atoms with Crippen LogP contribution in [0.15, 0.2) is 42.5 Å². The average Bonchev–Trinajstić information content (AvgIpc) is 2.66. The summed E-state index contributed by atoms with van der Waals surface area (Å²) in [6.07, 6.45) is 9.75. The van der Waals surface area contributed by atoms with E-state index in [4.69, 9.17) is 20.9 Å². The topological polar surface area (TPSA) is 70.5 Å². The highest BCUT2D eigenvalue weighted by Crippen LogP contribution is 2.21. The molecule has 4 N–H and O–H groups in total. The lowest BCUT2D eigenvalue weighted by Crippen LogP contribution is -2.00. The molecule has 2 aromatic carbocycles. The van der Waals surface area contributed by atoms with Crippen molar-refractivity contribution in [3.8, 4) is 11.5 Å². The van der Waals surface area contributed by atoms with Gasteiger partial charge in [0.15, 0.2) is 0 Å². The number of ether oxygens (including phenoxy) is 2. The van der Waals surface area contributed by atoms with Gasteiger partial charge in [0.1, 0.15) is 11.5 Å². The van der Waals surface area contributed by atoms with Gasteiger partial charge in [0, 0.05) is 11.8 Å². The summed E-state index contributed by atoms with van der Waals surface area (Å²) < 4.78 is 11.5. The predicted octanol–water partition coefficient (Wildman–Crippen LogP) is 5.74. The summed E-state index contributed by atoms with van der Waals surface area (Å²) >= 11 is 0. The first-order valence-electron chi connectivity index (χ1n) is 10.1. The van der Waals surface area contributed by atoms with Crippen molar-refractivity contribution in [1.82, 2.24) is 0 Å². The summed E-state index contributed by atoms with van der Waals surface area (Å²) in [6.45, 7) is 3.52. The van der Waals surface area contributed by atoms with Crippen LogP contribution in [0.3, 0.4) is 0 Å². The average molecular weight is 371 g/mol. The fourth-order valence-electron chi connectivity index (χ4n) is 2.96. The zero-order chi connectivity index (χ0) is 19.3. The second kappa shape index (κ2) is 12.1. The highest BCUT2D eigenvalue weighted by molar-refractivity contribution is 5.52. The first-order valence-corrected chi connectivity index (χ1v) is 10.1.